The molecule has 1 N–H and O–H groups in total. The van der Waals surface area contributed by atoms with Crippen molar-refractivity contribution in [2.24, 2.45) is 0 Å². The number of amides is 1. The Morgan fingerprint density at radius 1 is 1.75 bits per heavy atom. The van der Waals surface area contributed by atoms with E-state index < -0.39 is 0 Å². The van der Waals surface area contributed by atoms with Crippen LogP contribution in [-0.4, -0.2) is 28.6 Å². The highest BCUT2D eigenvalue weighted by molar-refractivity contribution is 7.99. The average Bonchev–Trinajstić information content (AvgIpc) is 2.87. The third kappa shape index (κ3) is 3.42. The van der Waals surface area contributed by atoms with E-state index in [1.165, 1.54) is 0 Å². The Labute approximate surface area is 103 Å². The number of aromatic nitrogens is 1. The molecule has 2 rings (SSSR count). The van der Waals surface area contributed by atoms with Gasteiger partial charge in [0.1, 0.15) is 5.76 Å². The lowest BCUT2D eigenvalue weighted by molar-refractivity contribution is -0.121. The highest BCUT2D eigenvalue weighted by atomic mass is 35.5. The van der Waals surface area contributed by atoms with Gasteiger partial charge in [-0.25, -0.2) is 0 Å². The van der Waals surface area contributed by atoms with Crippen molar-refractivity contribution >= 4 is 29.3 Å². The molecule has 16 heavy (non-hydrogen) atoms. The molecule has 2 heterocycles. The van der Waals surface area contributed by atoms with Gasteiger partial charge >= 0.3 is 0 Å². The first-order valence-corrected chi connectivity index (χ1v) is 6.75. The van der Waals surface area contributed by atoms with Gasteiger partial charge in [-0.1, -0.05) is 16.8 Å². The molecule has 1 fully saturated rings. The zero-order chi connectivity index (χ0) is 11.4. The number of hydrogen-bond donors (Lipinski definition) is 1. The molecule has 88 valence electrons. The van der Waals surface area contributed by atoms with Gasteiger partial charge in [0.25, 0.3) is 0 Å². The molecule has 1 aliphatic rings. The van der Waals surface area contributed by atoms with Crippen LogP contribution >= 0.6 is 23.4 Å². The predicted octanol–water partition coefficient (Wildman–Crippen LogP) is 1.88. The highest BCUT2D eigenvalue weighted by Gasteiger charge is 2.17. The third-order valence-electron chi connectivity index (χ3n) is 2.42. The van der Waals surface area contributed by atoms with Crippen LogP contribution in [0.3, 0.4) is 0 Å². The maximum absolute atomic E-state index is 11.6. The fraction of sp³-hybridized carbons (Fsp3) is 0.600. The van der Waals surface area contributed by atoms with Crippen molar-refractivity contribution in [2.75, 3.05) is 11.5 Å². The number of hydrogen-bond acceptors (Lipinski definition) is 4. The van der Waals surface area contributed by atoms with Gasteiger partial charge in [0.05, 0.1) is 0 Å². The maximum Gasteiger partial charge on any atom is 0.220 e. The SMILES string of the molecule is O=C(CCc1cc(Cl)no1)NC1CCSC1. The molecule has 0 spiro atoms. The van der Waals surface area contributed by atoms with E-state index in [0.717, 1.165) is 17.9 Å². The molecular formula is C10H13ClN2O2S. The summed E-state index contributed by atoms with van der Waals surface area (Å²) in [5.74, 6) is 2.89. The van der Waals surface area contributed by atoms with Crippen molar-refractivity contribution < 1.29 is 9.32 Å². The van der Waals surface area contributed by atoms with Crippen LogP contribution in [0.15, 0.2) is 10.6 Å². The van der Waals surface area contributed by atoms with Gasteiger partial charge in [-0.05, 0) is 12.2 Å². The first kappa shape index (κ1) is 11.8. The zero-order valence-corrected chi connectivity index (χ0v) is 10.3. The first-order chi connectivity index (χ1) is 7.74. The number of thioether (sulfide) groups is 1. The molecule has 1 saturated heterocycles. The minimum atomic E-state index is 0.0695. The fourth-order valence-electron chi connectivity index (χ4n) is 1.59. The fourth-order valence-corrected chi connectivity index (χ4v) is 2.90. The standard InChI is InChI=1S/C10H13ClN2O2S/c11-9-5-8(15-13-9)1-2-10(14)12-7-3-4-16-6-7/h5,7H,1-4,6H2,(H,12,14). The molecule has 0 bridgehead atoms. The molecule has 1 amide bonds. The molecular weight excluding hydrogens is 248 g/mol. The van der Waals surface area contributed by atoms with E-state index in [9.17, 15) is 4.79 Å². The van der Waals surface area contributed by atoms with Crippen LogP contribution in [0.4, 0.5) is 0 Å². The Morgan fingerprint density at radius 2 is 2.62 bits per heavy atom. The van der Waals surface area contributed by atoms with Gasteiger partial charge in [-0.15, -0.1) is 0 Å². The minimum absolute atomic E-state index is 0.0695. The second-order valence-electron chi connectivity index (χ2n) is 3.74. The van der Waals surface area contributed by atoms with E-state index in [1.54, 1.807) is 6.07 Å². The van der Waals surface area contributed by atoms with Crippen LogP contribution in [0.2, 0.25) is 5.15 Å². The summed E-state index contributed by atoms with van der Waals surface area (Å²) in [5.41, 5.74) is 0. The summed E-state index contributed by atoms with van der Waals surface area (Å²) in [5, 5.41) is 6.89. The molecule has 1 atom stereocenters. The molecule has 1 aromatic heterocycles. The zero-order valence-electron chi connectivity index (χ0n) is 8.74. The highest BCUT2D eigenvalue weighted by Crippen LogP contribution is 2.17. The van der Waals surface area contributed by atoms with Crippen molar-refractivity contribution in [2.45, 2.75) is 25.3 Å². The van der Waals surface area contributed by atoms with E-state index >= 15 is 0 Å². The first-order valence-electron chi connectivity index (χ1n) is 5.22. The largest absolute Gasteiger partial charge is 0.360 e. The molecule has 1 aromatic rings. The van der Waals surface area contributed by atoms with E-state index in [0.29, 0.717) is 29.8 Å². The average molecular weight is 261 g/mol. The number of halogens is 1. The smallest absolute Gasteiger partial charge is 0.220 e. The number of nitrogens with zero attached hydrogens (tertiary/aromatic N) is 1. The van der Waals surface area contributed by atoms with Crippen molar-refractivity contribution in [3.63, 3.8) is 0 Å². The lowest BCUT2D eigenvalue weighted by Gasteiger charge is -2.10. The number of rotatable bonds is 4. The van der Waals surface area contributed by atoms with E-state index in [-0.39, 0.29) is 5.91 Å². The normalized spacial score (nSPS) is 19.9. The number of nitrogens with one attached hydrogen (secondary N) is 1. The Kier molecular flexibility index (Phi) is 4.12. The molecule has 0 aromatic carbocycles. The second-order valence-corrected chi connectivity index (χ2v) is 5.28. The summed E-state index contributed by atoms with van der Waals surface area (Å²) in [6.45, 7) is 0. The van der Waals surface area contributed by atoms with Gasteiger partial charge in [0.2, 0.25) is 5.91 Å². The summed E-state index contributed by atoms with van der Waals surface area (Å²) in [6.07, 6.45) is 2.04. The lowest BCUT2D eigenvalue weighted by Crippen LogP contribution is -2.34. The van der Waals surface area contributed by atoms with Crippen LogP contribution in [0, 0.1) is 0 Å². The van der Waals surface area contributed by atoms with Gasteiger partial charge < -0.3 is 9.84 Å². The third-order valence-corrected chi connectivity index (χ3v) is 3.76. The Hall–Kier alpha value is -0.680. The Morgan fingerprint density at radius 3 is 3.25 bits per heavy atom. The van der Waals surface area contributed by atoms with E-state index in [2.05, 4.69) is 10.5 Å². The second kappa shape index (κ2) is 5.59. The number of aryl methyl sites for hydroxylation is 1. The van der Waals surface area contributed by atoms with Crippen molar-refractivity contribution in [1.82, 2.24) is 10.5 Å². The maximum atomic E-state index is 11.6. The topological polar surface area (TPSA) is 55.1 Å². The van der Waals surface area contributed by atoms with Gasteiger partial charge in [-0.3, -0.25) is 4.79 Å². The van der Waals surface area contributed by atoms with Crippen LogP contribution in [0.25, 0.3) is 0 Å². The minimum Gasteiger partial charge on any atom is -0.360 e. The molecule has 0 saturated carbocycles. The van der Waals surface area contributed by atoms with Crippen molar-refractivity contribution in [1.29, 1.82) is 0 Å². The van der Waals surface area contributed by atoms with Gasteiger partial charge in [0, 0.05) is 30.7 Å². The van der Waals surface area contributed by atoms with Crippen LogP contribution < -0.4 is 5.32 Å². The monoisotopic (exact) mass is 260 g/mol. The summed E-state index contributed by atoms with van der Waals surface area (Å²) < 4.78 is 4.92. The van der Waals surface area contributed by atoms with Gasteiger partial charge in [-0.2, -0.15) is 11.8 Å². The Balaban J connectivity index is 1.71. The van der Waals surface area contributed by atoms with Crippen LogP contribution in [0.5, 0.6) is 0 Å². The van der Waals surface area contributed by atoms with E-state index in [4.69, 9.17) is 16.1 Å². The molecule has 0 radical (unpaired) electrons. The summed E-state index contributed by atoms with van der Waals surface area (Å²) >= 11 is 7.49. The predicted molar refractivity (Wildman–Crippen MR) is 63.7 cm³/mol. The van der Waals surface area contributed by atoms with Crippen molar-refractivity contribution in [3.8, 4) is 0 Å². The van der Waals surface area contributed by atoms with Crippen molar-refractivity contribution in [3.05, 3.63) is 17.0 Å². The van der Waals surface area contributed by atoms with Crippen LogP contribution in [0.1, 0.15) is 18.6 Å². The molecule has 0 aliphatic carbocycles. The summed E-state index contributed by atoms with van der Waals surface area (Å²) in [4.78, 5) is 11.6. The Bertz CT molecular complexity index is 363. The van der Waals surface area contributed by atoms with E-state index in [1.807, 2.05) is 11.8 Å². The lowest BCUT2D eigenvalue weighted by atomic mass is 10.2. The molecule has 4 nitrogen and oxygen atoms in total. The molecule has 1 unspecified atom stereocenters. The number of carbonyl (C=O) groups is 1. The summed E-state index contributed by atoms with van der Waals surface area (Å²) in [7, 11) is 0. The summed E-state index contributed by atoms with van der Waals surface area (Å²) in [6, 6.07) is 1.98. The quantitative estimate of drug-likeness (QED) is 0.898. The van der Waals surface area contributed by atoms with Crippen LogP contribution in [-0.2, 0) is 11.2 Å². The molecule has 1 aliphatic heterocycles. The molecule has 6 heteroatoms. The number of carbonyl (C=O) groups excluding carboxylic acids is 1. The van der Waals surface area contributed by atoms with Gasteiger partial charge in [0.15, 0.2) is 5.15 Å².